The van der Waals surface area contributed by atoms with Crippen molar-refractivity contribution in [2.75, 3.05) is 13.7 Å². The summed E-state index contributed by atoms with van der Waals surface area (Å²) in [4.78, 5) is 13.8. The van der Waals surface area contributed by atoms with Crippen LogP contribution in [0.2, 0.25) is 0 Å². The van der Waals surface area contributed by atoms with Crippen LogP contribution in [0.15, 0.2) is 18.2 Å². The molecule has 120 valence electrons. The molecule has 1 spiro atoms. The summed E-state index contributed by atoms with van der Waals surface area (Å²) in [5, 5.41) is 0. The van der Waals surface area contributed by atoms with Crippen LogP contribution in [0, 0.1) is 11.2 Å². The summed E-state index contributed by atoms with van der Waals surface area (Å²) >= 11 is 0. The number of benzene rings is 1. The first-order valence-electron chi connectivity index (χ1n) is 8.20. The standard InChI is InChI=1S/C18H24FNO2/c1-3-16-18(8-4-5-9-18)12-20(16)11-14-7-6-13(10-15(14)19)17(21)22-2/h6-7,10,16H,3-5,8-9,11-12H2,1-2H3. The lowest BCUT2D eigenvalue weighted by atomic mass is 9.69. The van der Waals surface area contributed by atoms with E-state index in [9.17, 15) is 9.18 Å². The van der Waals surface area contributed by atoms with Gasteiger partial charge in [-0.1, -0.05) is 25.8 Å². The molecule has 1 saturated heterocycles. The van der Waals surface area contributed by atoms with E-state index in [-0.39, 0.29) is 11.4 Å². The maximum absolute atomic E-state index is 14.2. The minimum absolute atomic E-state index is 0.270. The Morgan fingerprint density at radius 1 is 1.41 bits per heavy atom. The minimum atomic E-state index is -0.495. The topological polar surface area (TPSA) is 29.5 Å². The van der Waals surface area contributed by atoms with Crippen molar-refractivity contribution in [1.82, 2.24) is 4.90 Å². The highest BCUT2D eigenvalue weighted by Gasteiger charge is 2.52. The van der Waals surface area contributed by atoms with Crippen molar-refractivity contribution in [2.45, 2.75) is 51.6 Å². The summed E-state index contributed by atoms with van der Waals surface area (Å²) in [6.45, 7) is 3.95. The third-order valence-corrected chi connectivity index (χ3v) is 5.50. The van der Waals surface area contributed by atoms with Crippen molar-refractivity contribution < 1.29 is 13.9 Å². The molecule has 0 aromatic heterocycles. The number of halogens is 1. The molecular formula is C18H24FNO2. The van der Waals surface area contributed by atoms with E-state index in [1.165, 1.54) is 38.9 Å². The molecule has 3 rings (SSSR count). The molecule has 4 heteroatoms. The van der Waals surface area contributed by atoms with Crippen LogP contribution in [0.3, 0.4) is 0 Å². The Morgan fingerprint density at radius 3 is 2.73 bits per heavy atom. The Balaban J connectivity index is 1.70. The second kappa shape index (κ2) is 5.99. The number of hydrogen-bond acceptors (Lipinski definition) is 3. The SMILES string of the molecule is CCC1N(Cc2ccc(C(=O)OC)cc2F)CC12CCCC2. The fraction of sp³-hybridized carbons (Fsp3) is 0.611. The smallest absolute Gasteiger partial charge is 0.337 e. The minimum Gasteiger partial charge on any atom is -0.465 e. The summed E-state index contributed by atoms with van der Waals surface area (Å²) in [5.41, 5.74) is 1.43. The van der Waals surface area contributed by atoms with Crippen LogP contribution >= 0.6 is 0 Å². The molecule has 2 fully saturated rings. The molecule has 0 N–H and O–H groups in total. The molecule has 3 nitrogen and oxygen atoms in total. The molecular weight excluding hydrogens is 281 g/mol. The summed E-state index contributed by atoms with van der Waals surface area (Å²) in [6, 6.07) is 5.23. The average molecular weight is 305 g/mol. The Morgan fingerprint density at radius 2 is 2.14 bits per heavy atom. The Labute approximate surface area is 131 Å². The van der Waals surface area contributed by atoms with Crippen molar-refractivity contribution >= 4 is 5.97 Å². The first-order chi connectivity index (χ1) is 10.6. The molecule has 1 saturated carbocycles. The monoisotopic (exact) mass is 305 g/mol. The van der Waals surface area contributed by atoms with Gasteiger partial charge in [0.25, 0.3) is 0 Å². The van der Waals surface area contributed by atoms with Gasteiger partial charge < -0.3 is 4.74 Å². The Kier molecular flexibility index (Phi) is 4.22. The van der Waals surface area contributed by atoms with Gasteiger partial charge in [-0.05, 0) is 36.8 Å². The molecule has 1 aromatic rings. The number of likely N-dealkylation sites (tertiary alicyclic amines) is 1. The number of nitrogens with zero attached hydrogens (tertiary/aromatic N) is 1. The second-order valence-electron chi connectivity index (χ2n) is 6.70. The van der Waals surface area contributed by atoms with Crippen LogP contribution in [-0.2, 0) is 11.3 Å². The Bertz CT molecular complexity index is 566. The van der Waals surface area contributed by atoms with Crippen LogP contribution in [-0.4, -0.2) is 30.6 Å². The van der Waals surface area contributed by atoms with E-state index in [4.69, 9.17) is 0 Å². The molecule has 1 aromatic carbocycles. The van der Waals surface area contributed by atoms with Crippen molar-refractivity contribution in [2.24, 2.45) is 5.41 Å². The molecule has 1 atom stereocenters. The molecule has 0 amide bonds. The van der Waals surface area contributed by atoms with Crippen molar-refractivity contribution in [3.63, 3.8) is 0 Å². The number of carbonyl (C=O) groups excluding carboxylic acids is 1. The second-order valence-corrected chi connectivity index (χ2v) is 6.70. The zero-order valence-corrected chi connectivity index (χ0v) is 13.4. The predicted molar refractivity (Wildman–Crippen MR) is 83.1 cm³/mol. The molecule has 2 aliphatic rings. The van der Waals surface area contributed by atoms with Gasteiger partial charge in [0.2, 0.25) is 0 Å². The van der Waals surface area contributed by atoms with Crippen LogP contribution in [0.4, 0.5) is 4.39 Å². The van der Waals surface area contributed by atoms with Gasteiger partial charge in [0.15, 0.2) is 0 Å². The molecule has 1 heterocycles. The van der Waals surface area contributed by atoms with E-state index < -0.39 is 5.97 Å². The van der Waals surface area contributed by atoms with Crippen LogP contribution in [0.25, 0.3) is 0 Å². The van der Waals surface area contributed by atoms with Crippen LogP contribution in [0.5, 0.6) is 0 Å². The van der Waals surface area contributed by atoms with Gasteiger partial charge in [-0.25, -0.2) is 9.18 Å². The molecule has 1 unspecified atom stereocenters. The van der Waals surface area contributed by atoms with Gasteiger partial charge in [0.05, 0.1) is 12.7 Å². The highest BCUT2D eigenvalue weighted by Crippen LogP contribution is 2.52. The number of rotatable bonds is 4. The van der Waals surface area contributed by atoms with Crippen LogP contribution in [0.1, 0.15) is 54.9 Å². The lowest BCUT2D eigenvalue weighted by Gasteiger charge is -2.56. The number of methoxy groups -OCH3 is 1. The van der Waals surface area contributed by atoms with Gasteiger partial charge in [-0.15, -0.1) is 0 Å². The molecule has 1 aliphatic carbocycles. The van der Waals surface area contributed by atoms with Crippen molar-refractivity contribution in [1.29, 1.82) is 0 Å². The third-order valence-electron chi connectivity index (χ3n) is 5.50. The Hall–Kier alpha value is -1.42. The number of ether oxygens (including phenoxy) is 1. The summed E-state index contributed by atoms with van der Waals surface area (Å²) in [6.07, 6.45) is 6.46. The summed E-state index contributed by atoms with van der Waals surface area (Å²) < 4.78 is 18.9. The first kappa shape index (κ1) is 15.5. The zero-order chi connectivity index (χ0) is 15.7. The maximum Gasteiger partial charge on any atom is 0.337 e. The van der Waals surface area contributed by atoms with E-state index in [0.29, 0.717) is 23.6 Å². The largest absolute Gasteiger partial charge is 0.465 e. The number of hydrogen-bond donors (Lipinski definition) is 0. The predicted octanol–water partition coefficient (Wildman–Crippen LogP) is 3.77. The molecule has 0 radical (unpaired) electrons. The van der Waals surface area contributed by atoms with Crippen molar-refractivity contribution in [3.05, 3.63) is 35.1 Å². The van der Waals surface area contributed by atoms with Crippen LogP contribution < -0.4 is 0 Å². The van der Waals surface area contributed by atoms with Gasteiger partial charge in [-0.3, -0.25) is 4.90 Å². The quantitative estimate of drug-likeness (QED) is 0.793. The highest BCUT2D eigenvalue weighted by atomic mass is 19.1. The van der Waals surface area contributed by atoms with Crippen molar-refractivity contribution in [3.8, 4) is 0 Å². The van der Waals surface area contributed by atoms with Gasteiger partial charge in [0, 0.05) is 24.7 Å². The van der Waals surface area contributed by atoms with E-state index in [1.807, 2.05) is 0 Å². The van der Waals surface area contributed by atoms with Gasteiger partial charge in [-0.2, -0.15) is 0 Å². The number of esters is 1. The molecule has 1 aliphatic heterocycles. The maximum atomic E-state index is 14.2. The van der Waals surface area contributed by atoms with E-state index in [1.54, 1.807) is 12.1 Å². The number of carbonyl (C=O) groups is 1. The lowest BCUT2D eigenvalue weighted by Crippen LogP contribution is -2.62. The summed E-state index contributed by atoms with van der Waals surface area (Å²) in [7, 11) is 1.31. The van der Waals surface area contributed by atoms with Gasteiger partial charge in [0.1, 0.15) is 5.82 Å². The normalized spacial score (nSPS) is 23.5. The fourth-order valence-corrected chi connectivity index (χ4v) is 4.46. The summed E-state index contributed by atoms with van der Waals surface area (Å²) in [5.74, 6) is -0.809. The fourth-order valence-electron chi connectivity index (χ4n) is 4.46. The zero-order valence-electron chi connectivity index (χ0n) is 13.4. The van der Waals surface area contributed by atoms with E-state index in [0.717, 1.165) is 13.0 Å². The lowest BCUT2D eigenvalue weighted by molar-refractivity contribution is -0.0788. The average Bonchev–Trinajstić information content (AvgIpc) is 2.99. The first-order valence-corrected chi connectivity index (χ1v) is 8.20. The van der Waals surface area contributed by atoms with E-state index in [2.05, 4.69) is 16.6 Å². The van der Waals surface area contributed by atoms with E-state index >= 15 is 0 Å². The third kappa shape index (κ3) is 2.54. The molecule has 22 heavy (non-hydrogen) atoms. The highest BCUT2D eigenvalue weighted by molar-refractivity contribution is 5.89. The van der Waals surface area contributed by atoms with Gasteiger partial charge >= 0.3 is 5.97 Å². The molecule has 0 bridgehead atoms.